The summed E-state index contributed by atoms with van der Waals surface area (Å²) in [5.74, 6) is -0.217. The van der Waals surface area contributed by atoms with Crippen molar-refractivity contribution in [1.29, 1.82) is 0 Å². The van der Waals surface area contributed by atoms with Crippen LogP contribution in [0.1, 0.15) is 102 Å². The topological polar surface area (TPSA) is 52.1 Å². The van der Waals surface area contributed by atoms with Crippen LogP contribution in [0.3, 0.4) is 0 Å². The second kappa shape index (κ2) is 16.2. The van der Waals surface area contributed by atoms with Gasteiger partial charge in [-0.1, -0.05) is 108 Å². The molecule has 1 aromatic carbocycles. The van der Waals surface area contributed by atoms with Crippen LogP contribution in [0.2, 0.25) is 0 Å². The number of unbranched alkanes of at least 4 members (excludes halogenated alkanes) is 8. The molecule has 1 heterocycles. The fourth-order valence-corrected chi connectivity index (χ4v) is 3.82. The van der Waals surface area contributed by atoms with E-state index in [0.717, 1.165) is 31.2 Å². The van der Waals surface area contributed by atoms with Crippen LogP contribution in [0.25, 0.3) is 0 Å². The number of allylic oxidation sites excluding steroid dienone is 1. The number of carbonyl (C=O) groups excluding carboxylic acids is 1. The molecule has 0 spiro atoms. The average molecular weight is 437 g/mol. The smallest absolute Gasteiger partial charge is 0.338 e. The zero-order valence-corrected chi connectivity index (χ0v) is 20.0. The van der Waals surface area contributed by atoms with Gasteiger partial charge in [0.05, 0.1) is 0 Å². The van der Waals surface area contributed by atoms with E-state index < -0.39 is 5.97 Å². The van der Waals surface area contributed by atoms with Gasteiger partial charge in [-0.05, 0) is 30.4 Å². The van der Waals surface area contributed by atoms with Gasteiger partial charge in [0.15, 0.2) is 0 Å². The summed E-state index contributed by atoms with van der Waals surface area (Å²) in [6.45, 7) is 4.45. The van der Waals surface area contributed by atoms with Crippen molar-refractivity contribution in [3.63, 3.8) is 0 Å². The minimum Gasteiger partial charge on any atom is -0.388 e. The monoisotopic (exact) mass is 436 g/mol. The molecule has 1 atom stereocenters. The predicted octanol–water partition coefficient (Wildman–Crippen LogP) is 7.60. The molecule has 0 amide bonds. The van der Waals surface area contributed by atoms with Crippen LogP contribution in [0, 0.1) is 0 Å². The summed E-state index contributed by atoms with van der Waals surface area (Å²) in [5.41, 5.74) is 2.31. The van der Waals surface area contributed by atoms with Crippen molar-refractivity contribution < 1.29 is 9.53 Å². The van der Waals surface area contributed by atoms with Gasteiger partial charge in [-0.3, -0.25) is 0 Å². The Hall–Kier alpha value is -2.49. The number of aryl methyl sites for hydroxylation is 1. The van der Waals surface area contributed by atoms with E-state index in [1.165, 1.54) is 63.0 Å². The van der Waals surface area contributed by atoms with Crippen LogP contribution in [-0.2, 0) is 11.2 Å². The molecule has 0 fully saturated rings. The lowest BCUT2D eigenvalue weighted by Crippen LogP contribution is -2.08. The number of aromatic nitrogens is 2. The summed E-state index contributed by atoms with van der Waals surface area (Å²) in [6.07, 6.45) is 21.4. The molecule has 174 valence electrons. The largest absolute Gasteiger partial charge is 0.388 e. The molecule has 4 heteroatoms. The molecule has 1 aromatic heterocycles. The second-order valence-corrected chi connectivity index (χ2v) is 8.54. The highest BCUT2D eigenvalue weighted by Crippen LogP contribution is 2.24. The number of carbonyl (C=O) groups is 1. The number of hydrogen-bond donors (Lipinski definition) is 0. The van der Waals surface area contributed by atoms with E-state index in [2.05, 4.69) is 35.9 Å². The highest BCUT2D eigenvalue weighted by molar-refractivity contribution is 5.83. The van der Waals surface area contributed by atoms with Gasteiger partial charge >= 0.3 is 12.0 Å². The Morgan fingerprint density at radius 3 is 2.19 bits per heavy atom. The third kappa shape index (κ3) is 10.7. The van der Waals surface area contributed by atoms with Gasteiger partial charge < -0.3 is 4.74 Å². The van der Waals surface area contributed by atoms with Gasteiger partial charge in [0, 0.05) is 24.4 Å². The summed E-state index contributed by atoms with van der Waals surface area (Å²) < 4.78 is 5.32. The lowest BCUT2D eigenvalue weighted by Gasteiger charge is -2.13. The van der Waals surface area contributed by atoms with E-state index in [9.17, 15) is 4.79 Å². The maximum atomic E-state index is 12.3. The molecule has 2 rings (SSSR count). The number of hydrogen-bond acceptors (Lipinski definition) is 4. The molecule has 0 radical (unpaired) electrons. The van der Waals surface area contributed by atoms with Gasteiger partial charge in [0.2, 0.25) is 0 Å². The molecule has 0 saturated carbocycles. The number of esters is 1. The molecule has 0 aliphatic heterocycles. The molecule has 0 N–H and O–H groups in total. The van der Waals surface area contributed by atoms with E-state index in [1.54, 1.807) is 12.4 Å². The van der Waals surface area contributed by atoms with Crippen LogP contribution >= 0.6 is 0 Å². The first-order valence-corrected chi connectivity index (χ1v) is 12.5. The lowest BCUT2D eigenvalue weighted by atomic mass is 9.92. The predicted molar refractivity (Wildman–Crippen MR) is 132 cm³/mol. The van der Waals surface area contributed by atoms with Gasteiger partial charge in [-0.15, -0.1) is 0 Å². The van der Waals surface area contributed by atoms with Crippen LogP contribution in [0.15, 0.2) is 54.9 Å². The Balaban J connectivity index is 1.85. The summed E-state index contributed by atoms with van der Waals surface area (Å²) in [5, 5.41) is 0. The molecule has 32 heavy (non-hydrogen) atoms. The molecular formula is C28H40N2O2. The summed E-state index contributed by atoms with van der Waals surface area (Å²) >= 11 is 0. The van der Waals surface area contributed by atoms with Gasteiger partial charge in [0.1, 0.15) is 0 Å². The standard InChI is InChI=1S/C28H40N2O2/c1-3-5-7-9-10-13-19-26(25-17-14-11-15-18-25)20-21-27(31)32-28-29-22-24(23-30-28)16-12-8-6-4-2/h11,14-15,17-18,20-23,26H,3-10,12-13,16,19H2,1-2H3/b21-20+. The van der Waals surface area contributed by atoms with Crippen molar-refractivity contribution in [1.82, 2.24) is 9.97 Å². The van der Waals surface area contributed by atoms with Crippen LogP contribution in [-0.4, -0.2) is 15.9 Å². The van der Waals surface area contributed by atoms with Crippen molar-refractivity contribution in [2.45, 2.75) is 96.8 Å². The third-order valence-corrected chi connectivity index (χ3v) is 5.75. The van der Waals surface area contributed by atoms with Gasteiger partial charge in [-0.2, -0.15) is 0 Å². The fourth-order valence-electron chi connectivity index (χ4n) is 3.82. The number of nitrogens with zero attached hydrogens (tertiary/aromatic N) is 2. The lowest BCUT2D eigenvalue weighted by molar-refractivity contribution is -0.129. The first kappa shape index (κ1) is 25.8. The van der Waals surface area contributed by atoms with E-state index in [1.807, 2.05) is 24.3 Å². The minimum absolute atomic E-state index is 0.115. The molecule has 2 aromatic rings. The molecular weight excluding hydrogens is 396 g/mol. The quantitative estimate of drug-likeness (QED) is 0.154. The van der Waals surface area contributed by atoms with Crippen molar-refractivity contribution in [3.8, 4) is 6.01 Å². The molecule has 4 nitrogen and oxygen atoms in total. The van der Waals surface area contributed by atoms with Crippen molar-refractivity contribution in [2.75, 3.05) is 0 Å². The number of rotatable bonds is 16. The van der Waals surface area contributed by atoms with E-state index in [0.29, 0.717) is 0 Å². The van der Waals surface area contributed by atoms with E-state index >= 15 is 0 Å². The van der Waals surface area contributed by atoms with Crippen LogP contribution < -0.4 is 4.74 Å². The molecule has 0 bridgehead atoms. The van der Waals surface area contributed by atoms with Crippen molar-refractivity contribution in [3.05, 3.63) is 66.0 Å². The van der Waals surface area contributed by atoms with Crippen LogP contribution in [0.5, 0.6) is 6.01 Å². The zero-order valence-electron chi connectivity index (χ0n) is 20.0. The SMILES string of the molecule is CCCCCCCCC(/C=C/C(=O)Oc1ncc(CCCCCC)cn1)c1ccccc1. The normalized spacial score (nSPS) is 12.2. The highest BCUT2D eigenvalue weighted by Gasteiger charge is 2.10. The Kier molecular flexibility index (Phi) is 13.0. The Morgan fingerprint density at radius 2 is 1.50 bits per heavy atom. The number of ether oxygens (including phenoxy) is 1. The molecule has 1 unspecified atom stereocenters. The Bertz CT molecular complexity index is 772. The highest BCUT2D eigenvalue weighted by atomic mass is 16.5. The van der Waals surface area contributed by atoms with Crippen molar-refractivity contribution in [2.24, 2.45) is 0 Å². The second-order valence-electron chi connectivity index (χ2n) is 8.54. The van der Waals surface area contributed by atoms with E-state index in [4.69, 9.17) is 4.74 Å². The summed E-state index contributed by atoms with van der Waals surface area (Å²) in [4.78, 5) is 20.7. The van der Waals surface area contributed by atoms with Gasteiger partial charge in [-0.25, -0.2) is 14.8 Å². The number of benzene rings is 1. The van der Waals surface area contributed by atoms with Gasteiger partial charge in [0.25, 0.3) is 0 Å². The Morgan fingerprint density at radius 1 is 0.875 bits per heavy atom. The van der Waals surface area contributed by atoms with E-state index in [-0.39, 0.29) is 11.9 Å². The first-order valence-electron chi connectivity index (χ1n) is 12.5. The van der Waals surface area contributed by atoms with Crippen molar-refractivity contribution >= 4 is 5.97 Å². The average Bonchev–Trinajstić information content (AvgIpc) is 2.82. The molecule has 0 saturated heterocycles. The summed E-state index contributed by atoms with van der Waals surface area (Å²) in [7, 11) is 0. The zero-order chi connectivity index (χ0) is 22.9. The maximum Gasteiger partial charge on any atom is 0.338 e. The first-order chi connectivity index (χ1) is 15.7. The molecule has 0 aliphatic rings. The Labute approximate surface area is 194 Å². The fraction of sp³-hybridized carbons (Fsp3) is 0.536. The van der Waals surface area contributed by atoms with Crippen LogP contribution in [0.4, 0.5) is 0 Å². The minimum atomic E-state index is -0.426. The maximum absolute atomic E-state index is 12.3. The third-order valence-electron chi connectivity index (χ3n) is 5.75. The summed E-state index contributed by atoms with van der Waals surface area (Å²) in [6, 6.07) is 10.5. The molecule has 0 aliphatic carbocycles.